The van der Waals surface area contributed by atoms with Gasteiger partial charge in [-0.15, -0.1) is 0 Å². The van der Waals surface area contributed by atoms with Gasteiger partial charge in [-0.25, -0.2) is 0 Å². The highest BCUT2D eigenvalue weighted by Crippen LogP contribution is 2.13. The van der Waals surface area contributed by atoms with Gasteiger partial charge in [-0.3, -0.25) is 9.89 Å². The van der Waals surface area contributed by atoms with Crippen molar-refractivity contribution in [3.8, 4) is 0 Å². The Morgan fingerprint density at radius 2 is 2.50 bits per heavy atom. The van der Waals surface area contributed by atoms with Gasteiger partial charge < -0.3 is 10.6 Å². The topological polar surface area (TPSA) is 69.8 Å². The number of H-pyrrole nitrogens is 1. The van der Waals surface area contributed by atoms with Crippen molar-refractivity contribution in [1.29, 1.82) is 0 Å². The Bertz CT molecular complexity index is 355. The number of carbonyl (C=O) groups excluding carboxylic acids is 1. The fourth-order valence-corrected chi connectivity index (χ4v) is 1.97. The van der Waals surface area contributed by atoms with Crippen LogP contribution in [0.15, 0.2) is 6.20 Å². The lowest BCUT2D eigenvalue weighted by Gasteiger charge is -2.22. The first-order chi connectivity index (χ1) is 7.81. The molecule has 2 heterocycles. The van der Waals surface area contributed by atoms with E-state index in [1.807, 2.05) is 6.92 Å². The van der Waals surface area contributed by atoms with Gasteiger partial charge in [0.15, 0.2) is 0 Å². The van der Waals surface area contributed by atoms with Crippen LogP contribution >= 0.6 is 0 Å². The van der Waals surface area contributed by atoms with Crippen molar-refractivity contribution in [1.82, 2.24) is 15.5 Å². The van der Waals surface area contributed by atoms with Crippen LogP contribution in [0.4, 0.5) is 5.82 Å². The van der Waals surface area contributed by atoms with Crippen LogP contribution in [0.25, 0.3) is 0 Å². The number of piperidine rings is 1. The van der Waals surface area contributed by atoms with Crippen molar-refractivity contribution in [2.75, 3.05) is 11.9 Å². The Morgan fingerprint density at radius 3 is 3.19 bits per heavy atom. The highest BCUT2D eigenvalue weighted by atomic mass is 16.2. The van der Waals surface area contributed by atoms with E-state index < -0.39 is 0 Å². The molecule has 0 radical (unpaired) electrons. The second kappa shape index (κ2) is 5.12. The van der Waals surface area contributed by atoms with Gasteiger partial charge >= 0.3 is 0 Å². The lowest BCUT2D eigenvalue weighted by atomic mass is 10.0. The third kappa shape index (κ3) is 2.41. The van der Waals surface area contributed by atoms with E-state index in [9.17, 15) is 4.79 Å². The molecule has 3 N–H and O–H groups in total. The molecule has 1 atom stereocenters. The lowest BCUT2D eigenvalue weighted by Crippen LogP contribution is -2.43. The van der Waals surface area contributed by atoms with Crippen LogP contribution in [0.3, 0.4) is 0 Å². The molecule has 0 unspecified atom stereocenters. The fraction of sp³-hybridized carbons (Fsp3) is 0.636. The molecule has 0 aromatic carbocycles. The number of hydrogen-bond donors (Lipinski definition) is 3. The van der Waals surface area contributed by atoms with Gasteiger partial charge in [-0.2, -0.15) is 5.10 Å². The van der Waals surface area contributed by atoms with Gasteiger partial charge in [0.2, 0.25) is 5.91 Å². The Balaban J connectivity index is 1.95. The summed E-state index contributed by atoms with van der Waals surface area (Å²) in [4.78, 5) is 11.9. The minimum absolute atomic E-state index is 0.0404. The van der Waals surface area contributed by atoms with Crippen molar-refractivity contribution in [2.24, 2.45) is 0 Å². The van der Waals surface area contributed by atoms with E-state index in [0.717, 1.165) is 43.6 Å². The average molecular weight is 222 g/mol. The monoisotopic (exact) mass is 222 g/mol. The summed E-state index contributed by atoms with van der Waals surface area (Å²) in [5.41, 5.74) is 1.05. The maximum Gasteiger partial charge on any atom is 0.242 e. The summed E-state index contributed by atoms with van der Waals surface area (Å²) in [5, 5.41) is 12.9. The molecule has 0 bridgehead atoms. The van der Waals surface area contributed by atoms with Gasteiger partial charge in [-0.05, 0) is 25.8 Å². The second-order valence-electron chi connectivity index (χ2n) is 4.12. The summed E-state index contributed by atoms with van der Waals surface area (Å²) in [7, 11) is 0. The van der Waals surface area contributed by atoms with E-state index in [-0.39, 0.29) is 11.9 Å². The molecule has 1 aromatic rings. The molecule has 1 aliphatic heterocycles. The second-order valence-corrected chi connectivity index (χ2v) is 4.12. The van der Waals surface area contributed by atoms with Crippen molar-refractivity contribution >= 4 is 11.7 Å². The SMILES string of the molecule is CCc1cn[nH]c1NC(=O)[C@H]1CCCCN1. The highest BCUT2D eigenvalue weighted by Gasteiger charge is 2.21. The molecular formula is C11H18N4O. The Kier molecular flexibility index (Phi) is 3.56. The molecule has 2 rings (SSSR count). The minimum Gasteiger partial charge on any atom is -0.309 e. The van der Waals surface area contributed by atoms with Gasteiger partial charge in [0.25, 0.3) is 0 Å². The van der Waals surface area contributed by atoms with Crippen LogP contribution in [0.2, 0.25) is 0 Å². The van der Waals surface area contributed by atoms with Crippen LogP contribution in [0.1, 0.15) is 31.7 Å². The molecular weight excluding hydrogens is 204 g/mol. The Morgan fingerprint density at radius 1 is 1.62 bits per heavy atom. The van der Waals surface area contributed by atoms with Gasteiger partial charge in [0.1, 0.15) is 5.82 Å². The fourth-order valence-electron chi connectivity index (χ4n) is 1.97. The molecule has 1 aliphatic rings. The molecule has 0 aliphatic carbocycles. The van der Waals surface area contributed by atoms with E-state index in [1.54, 1.807) is 6.20 Å². The summed E-state index contributed by atoms with van der Waals surface area (Å²) < 4.78 is 0. The number of carbonyl (C=O) groups is 1. The van der Waals surface area contributed by atoms with Crippen LogP contribution in [0, 0.1) is 0 Å². The summed E-state index contributed by atoms with van der Waals surface area (Å²) >= 11 is 0. The van der Waals surface area contributed by atoms with Crippen molar-refractivity contribution in [3.05, 3.63) is 11.8 Å². The molecule has 5 nitrogen and oxygen atoms in total. The standard InChI is InChI=1S/C11H18N4O/c1-2-8-7-13-15-10(8)14-11(16)9-5-3-4-6-12-9/h7,9,12H,2-6H2,1H3,(H2,13,14,15,16)/t9-/m1/s1. The summed E-state index contributed by atoms with van der Waals surface area (Å²) in [5.74, 6) is 0.776. The van der Waals surface area contributed by atoms with Crippen LogP contribution in [0.5, 0.6) is 0 Å². The van der Waals surface area contributed by atoms with Gasteiger partial charge in [-0.1, -0.05) is 13.3 Å². The van der Waals surface area contributed by atoms with Gasteiger partial charge in [0.05, 0.1) is 12.2 Å². The zero-order valence-corrected chi connectivity index (χ0v) is 9.55. The predicted molar refractivity (Wildman–Crippen MR) is 62.2 cm³/mol. The molecule has 0 spiro atoms. The average Bonchev–Trinajstić information content (AvgIpc) is 2.77. The first kappa shape index (κ1) is 11.1. The number of anilines is 1. The maximum absolute atomic E-state index is 11.9. The zero-order chi connectivity index (χ0) is 11.4. The maximum atomic E-state index is 11.9. The third-order valence-electron chi connectivity index (χ3n) is 2.97. The number of amides is 1. The van der Waals surface area contributed by atoms with E-state index in [2.05, 4.69) is 20.8 Å². The molecule has 1 fully saturated rings. The van der Waals surface area contributed by atoms with E-state index in [4.69, 9.17) is 0 Å². The number of aryl methyl sites for hydroxylation is 1. The van der Waals surface area contributed by atoms with Crippen LogP contribution < -0.4 is 10.6 Å². The first-order valence-corrected chi connectivity index (χ1v) is 5.87. The Labute approximate surface area is 95.0 Å². The molecule has 1 amide bonds. The van der Waals surface area contributed by atoms with E-state index in [1.165, 1.54) is 0 Å². The van der Waals surface area contributed by atoms with E-state index in [0.29, 0.717) is 0 Å². The van der Waals surface area contributed by atoms with Crippen molar-refractivity contribution < 1.29 is 4.79 Å². The molecule has 5 heteroatoms. The summed E-state index contributed by atoms with van der Waals surface area (Å²) in [6.07, 6.45) is 5.82. The number of rotatable bonds is 3. The number of nitrogens with zero attached hydrogens (tertiary/aromatic N) is 1. The number of aromatic amines is 1. The molecule has 88 valence electrons. The molecule has 1 aromatic heterocycles. The third-order valence-corrected chi connectivity index (χ3v) is 2.97. The summed E-state index contributed by atoms with van der Waals surface area (Å²) in [6.45, 7) is 2.97. The predicted octanol–water partition coefficient (Wildman–Crippen LogP) is 1.05. The summed E-state index contributed by atoms with van der Waals surface area (Å²) in [6, 6.07) is -0.0539. The van der Waals surface area contributed by atoms with Crippen molar-refractivity contribution in [2.45, 2.75) is 38.6 Å². The number of hydrogen-bond acceptors (Lipinski definition) is 3. The quantitative estimate of drug-likeness (QED) is 0.716. The van der Waals surface area contributed by atoms with E-state index >= 15 is 0 Å². The smallest absolute Gasteiger partial charge is 0.242 e. The number of nitrogens with one attached hydrogen (secondary N) is 3. The molecule has 0 saturated carbocycles. The van der Waals surface area contributed by atoms with Crippen LogP contribution in [-0.2, 0) is 11.2 Å². The van der Waals surface area contributed by atoms with Crippen LogP contribution in [-0.4, -0.2) is 28.7 Å². The largest absolute Gasteiger partial charge is 0.309 e. The number of aromatic nitrogens is 2. The lowest BCUT2D eigenvalue weighted by molar-refractivity contribution is -0.118. The molecule has 1 saturated heterocycles. The molecule has 16 heavy (non-hydrogen) atoms. The van der Waals surface area contributed by atoms with Crippen molar-refractivity contribution in [3.63, 3.8) is 0 Å². The minimum atomic E-state index is -0.0539. The zero-order valence-electron chi connectivity index (χ0n) is 9.55. The Hall–Kier alpha value is -1.36. The van der Waals surface area contributed by atoms with Gasteiger partial charge in [0, 0.05) is 5.56 Å². The first-order valence-electron chi connectivity index (χ1n) is 5.87. The normalized spacial score (nSPS) is 20.7. The highest BCUT2D eigenvalue weighted by molar-refractivity contribution is 5.94.